The summed E-state index contributed by atoms with van der Waals surface area (Å²) in [6.45, 7) is 6.04. The van der Waals surface area contributed by atoms with Crippen molar-refractivity contribution in [2.75, 3.05) is 10.2 Å². The average Bonchev–Trinajstić information content (AvgIpc) is 3.51. The Labute approximate surface area is 208 Å². The Kier molecular flexibility index (Phi) is 7.35. The van der Waals surface area contributed by atoms with E-state index in [2.05, 4.69) is 17.2 Å². The summed E-state index contributed by atoms with van der Waals surface area (Å²) in [5, 5.41) is 12.7. The van der Waals surface area contributed by atoms with E-state index in [4.69, 9.17) is 4.42 Å². The second kappa shape index (κ2) is 10.4. The van der Waals surface area contributed by atoms with Gasteiger partial charge in [0.1, 0.15) is 11.1 Å². The zero-order valence-electron chi connectivity index (χ0n) is 20.0. The number of carboxylic acids is 1. The molecule has 2 N–H and O–H groups in total. The van der Waals surface area contributed by atoms with Crippen LogP contribution in [-0.4, -0.2) is 33.9 Å². The minimum absolute atomic E-state index is 0.00432. The van der Waals surface area contributed by atoms with E-state index in [1.165, 1.54) is 12.7 Å². The minimum Gasteiger partial charge on any atom is -0.477 e. The standard InChI is InChI=1S/C26H29N3O5S/c1-15(2)29(25(31)18-6-4-16(3)5-7-18)21-12-22(35-23(21)26(32)33)17-8-10-19(11-9-17)28-24(30)20-13-34-14-27-20/h8-16,18H,4-7H2,1-3H3,(H,28,30)(H,32,33). The molecule has 0 aliphatic heterocycles. The number of amides is 2. The van der Waals surface area contributed by atoms with Gasteiger partial charge in [-0.25, -0.2) is 9.78 Å². The fraction of sp³-hybridized carbons (Fsp3) is 0.385. The molecule has 184 valence electrons. The van der Waals surface area contributed by atoms with Gasteiger partial charge in [-0.2, -0.15) is 0 Å². The number of anilines is 2. The summed E-state index contributed by atoms with van der Waals surface area (Å²) < 4.78 is 4.83. The Morgan fingerprint density at radius 1 is 1.14 bits per heavy atom. The molecule has 4 rings (SSSR count). The highest BCUT2D eigenvalue weighted by Crippen LogP contribution is 2.40. The number of aromatic nitrogens is 1. The van der Waals surface area contributed by atoms with Crippen molar-refractivity contribution in [1.29, 1.82) is 0 Å². The number of oxazole rings is 1. The molecule has 1 aliphatic rings. The van der Waals surface area contributed by atoms with E-state index >= 15 is 0 Å². The third kappa shape index (κ3) is 5.45. The molecule has 3 aromatic rings. The molecule has 0 saturated heterocycles. The molecule has 2 amide bonds. The summed E-state index contributed by atoms with van der Waals surface area (Å²) in [5.74, 6) is -0.891. The highest BCUT2D eigenvalue weighted by Gasteiger charge is 2.33. The molecule has 0 bridgehead atoms. The molecular weight excluding hydrogens is 466 g/mol. The summed E-state index contributed by atoms with van der Waals surface area (Å²) in [5.41, 5.74) is 1.99. The van der Waals surface area contributed by atoms with Gasteiger partial charge in [-0.05, 0) is 69.2 Å². The predicted octanol–water partition coefficient (Wildman–Crippen LogP) is 5.92. The van der Waals surface area contributed by atoms with Gasteiger partial charge in [-0.15, -0.1) is 11.3 Å². The quantitative estimate of drug-likeness (QED) is 0.421. The monoisotopic (exact) mass is 495 g/mol. The molecule has 1 aliphatic carbocycles. The molecule has 2 heterocycles. The molecular formula is C26H29N3O5S. The molecule has 1 fully saturated rings. The first kappa shape index (κ1) is 24.7. The molecule has 0 radical (unpaired) electrons. The first-order valence-electron chi connectivity index (χ1n) is 11.7. The maximum atomic E-state index is 13.5. The highest BCUT2D eigenvalue weighted by atomic mass is 32.1. The van der Waals surface area contributed by atoms with Crippen LogP contribution in [0.5, 0.6) is 0 Å². The van der Waals surface area contributed by atoms with Crippen LogP contribution in [0.3, 0.4) is 0 Å². The van der Waals surface area contributed by atoms with Crippen LogP contribution in [-0.2, 0) is 4.79 Å². The summed E-state index contributed by atoms with van der Waals surface area (Å²) >= 11 is 1.15. The van der Waals surface area contributed by atoms with E-state index in [-0.39, 0.29) is 34.3 Å². The van der Waals surface area contributed by atoms with Crippen LogP contribution in [0, 0.1) is 11.8 Å². The third-order valence-corrected chi connectivity index (χ3v) is 7.54. The Balaban J connectivity index is 1.59. The molecule has 8 nitrogen and oxygen atoms in total. The van der Waals surface area contributed by atoms with Gasteiger partial charge in [0.25, 0.3) is 5.91 Å². The average molecular weight is 496 g/mol. The number of rotatable bonds is 7. The van der Waals surface area contributed by atoms with Crippen molar-refractivity contribution in [1.82, 2.24) is 4.98 Å². The first-order chi connectivity index (χ1) is 16.7. The van der Waals surface area contributed by atoms with Crippen molar-refractivity contribution >= 4 is 40.5 Å². The van der Waals surface area contributed by atoms with Crippen molar-refractivity contribution in [2.24, 2.45) is 11.8 Å². The Morgan fingerprint density at radius 2 is 1.83 bits per heavy atom. The van der Waals surface area contributed by atoms with Gasteiger partial charge < -0.3 is 19.7 Å². The number of hydrogen-bond acceptors (Lipinski definition) is 6. The summed E-state index contributed by atoms with van der Waals surface area (Å²) in [4.78, 5) is 44.2. The van der Waals surface area contributed by atoms with E-state index in [0.29, 0.717) is 17.3 Å². The Morgan fingerprint density at radius 3 is 2.40 bits per heavy atom. The topological polar surface area (TPSA) is 113 Å². The lowest BCUT2D eigenvalue weighted by Crippen LogP contribution is -2.42. The van der Waals surface area contributed by atoms with E-state index in [1.807, 2.05) is 26.0 Å². The lowest BCUT2D eigenvalue weighted by molar-refractivity contribution is -0.123. The maximum absolute atomic E-state index is 13.5. The normalized spacial score (nSPS) is 17.8. The van der Waals surface area contributed by atoms with Crippen LogP contribution in [0.15, 0.2) is 47.4 Å². The molecule has 0 spiro atoms. The number of nitrogens with zero attached hydrogens (tertiary/aromatic N) is 2. The first-order valence-corrected chi connectivity index (χ1v) is 12.6. The predicted molar refractivity (Wildman–Crippen MR) is 135 cm³/mol. The van der Waals surface area contributed by atoms with Gasteiger partial charge in [0.2, 0.25) is 5.91 Å². The Bertz CT molecular complexity index is 1190. The molecule has 0 atom stereocenters. The van der Waals surface area contributed by atoms with Crippen LogP contribution in [0.2, 0.25) is 0 Å². The van der Waals surface area contributed by atoms with Crippen molar-refractivity contribution in [3.05, 3.63) is 53.6 Å². The van der Waals surface area contributed by atoms with Gasteiger partial charge in [-0.1, -0.05) is 19.1 Å². The molecule has 9 heteroatoms. The zero-order valence-corrected chi connectivity index (χ0v) is 20.8. The number of carbonyl (C=O) groups excluding carboxylic acids is 2. The van der Waals surface area contributed by atoms with Crippen molar-refractivity contribution < 1.29 is 23.9 Å². The van der Waals surface area contributed by atoms with Crippen LogP contribution in [0.4, 0.5) is 11.4 Å². The molecule has 2 aromatic heterocycles. The van der Waals surface area contributed by atoms with E-state index in [0.717, 1.165) is 47.5 Å². The van der Waals surface area contributed by atoms with Gasteiger partial charge in [0.05, 0.1) is 5.69 Å². The lowest BCUT2D eigenvalue weighted by atomic mass is 9.82. The second-order valence-electron chi connectivity index (χ2n) is 9.29. The number of hydrogen-bond donors (Lipinski definition) is 2. The number of carbonyl (C=O) groups is 3. The number of carboxylic acid groups (broad SMARTS) is 1. The number of nitrogens with one attached hydrogen (secondary N) is 1. The van der Waals surface area contributed by atoms with Crippen molar-refractivity contribution in [2.45, 2.75) is 52.5 Å². The maximum Gasteiger partial charge on any atom is 0.348 e. The van der Waals surface area contributed by atoms with Gasteiger partial charge in [0, 0.05) is 22.5 Å². The number of aromatic carboxylic acids is 1. The molecule has 35 heavy (non-hydrogen) atoms. The summed E-state index contributed by atoms with van der Waals surface area (Å²) in [6.07, 6.45) is 6.16. The summed E-state index contributed by atoms with van der Waals surface area (Å²) in [7, 11) is 0. The van der Waals surface area contributed by atoms with E-state index < -0.39 is 5.97 Å². The van der Waals surface area contributed by atoms with Gasteiger partial charge in [0.15, 0.2) is 12.1 Å². The molecule has 1 aromatic carbocycles. The van der Waals surface area contributed by atoms with Crippen LogP contribution < -0.4 is 10.2 Å². The zero-order chi connectivity index (χ0) is 25.1. The molecule has 0 unspecified atom stereocenters. The van der Waals surface area contributed by atoms with Crippen LogP contribution >= 0.6 is 11.3 Å². The summed E-state index contributed by atoms with van der Waals surface area (Å²) in [6, 6.07) is 8.72. The van der Waals surface area contributed by atoms with Gasteiger partial charge in [-0.3, -0.25) is 9.59 Å². The fourth-order valence-electron chi connectivity index (χ4n) is 4.45. The minimum atomic E-state index is -1.05. The fourth-order valence-corrected chi connectivity index (χ4v) is 5.44. The largest absolute Gasteiger partial charge is 0.477 e. The third-order valence-electron chi connectivity index (χ3n) is 6.38. The van der Waals surface area contributed by atoms with E-state index in [9.17, 15) is 19.5 Å². The molecule has 1 saturated carbocycles. The SMILES string of the molecule is CC1CCC(C(=O)N(c2cc(-c3ccc(NC(=O)c4cocn4)cc3)sc2C(=O)O)C(C)C)CC1. The smallest absolute Gasteiger partial charge is 0.348 e. The second-order valence-corrected chi connectivity index (χ2v) is 10.3. The number of thiophene rings is 1. The lowest BCUT2D eigenvalue weighted by Gasteiger charge is -2.33. The van der Waals surface area contributed by atoms with E-state index in [1.54, 1.807) is 23.1 Å². The van der Waals surface area contributed by atoms with Crippen LogP contribution in [0.25, 0.3) is 10.4 Å². The number of benzene rings is 1. The Hall–Kier alpha value is -3.46. The van der Waals surface area contributed by atoms with Crippen molar-refractivity contribution in [3.8, 4) is 10.4 Å². The van der Waals surface area contributed by atoms with Crippen molar-refractivity contribution in [3.63, 3.8) is 0 Å². The highest BCUT2D eigenvalue weighted by molar-refractivity contribution is 7.18. The van der Waals surface area contributed by atoms with Gasteiger partial charge >= 0.3 is 5.97 Å². The van der Waals surface area contributed by atoms with Crippen LogP contribution in [0.1, 0.15) is 66.6 Å².